The van der Waals surface area contributed by atoms with Crippen LogP contribution in [0.25, 0.3) is 0 Å². The first kappa shape index (κ1) is 10.8. The Labute approximate surface area is 82.7 Å². The van der Waals surface area contributed by atoms with E-state index < -0.39 is 0 Å². The summed E-state index contributed by atoms with van der Waals surface area (Å²) < 4.78 is 10.1. The maximum absolute atomic E-state index is 9.13. The summed E-state index contributed by atoms with van der Waals surface area (Å²) in [5, 5.41) is 18.3. The molecule has 0 aliphatic carbocycles. The molecule has 1 rings (SSSR count). The van der Waals surface area contributed by atoms with Crippen molar-refractivity contribution in [3.8, 4) is 11.5 Å². The van der Waals surface area contributed by atoms with Gasteiger partial charge in [0.05, 0.1) is 27.4 Å². The molecule has 1 aromatic rings. The molecule has 4 heteroatoms. The van der Waals surface area contributed by atoms with Crippen molar-refractivity contribution >= 4 is 0 Å². The number of hydrogen-bond acceptors (Lipinski definition) is 4. The van der Waals surface area contributed by atoms with E-state index in [4.69, 9.17) is 19.7 Å². The number of ether oxygens (including phenoxy) is 2. The third-order valence-corrected chi connectivity index (χ3v) is 2.10. The Morgan fingerprint density at radius 3 is 1.50 bits per heavy atom. The minimum Gasteiger partial charge on any atom is -0.496 e. The molecule has 0 atom stereocenters. The molecule has 0 radical (unpaired) electrons. The summed E-state index contributed by atoms with van der Waals surface area (Å²) in [7, 11) is 3.03. The van der Waals surface area contributed by atoms with E-state index in [2.05, 4.69) is 0 Å². The third-order valence-electron chi connectivity index (χ3n) is 2.10. The molecular weight excluding hydrogens is 184 g/mol. The SMILES string of the molecule is COc1ccc(OC)c(CO)c1CO. The van der Waals surface area contributed by atoms with Crippen LogP contribution in [0.15, 0.2) is 12.1 Å². The molecule has 0 spiro atoms. The Bertz CT molecular complexity index is 278. The largest absolute Gasteiger partial charge is 0.496 e. The zero-order valence-corrected chi connectivity index (χ0v) is 8.28. The van der Waals surface area contributed by atoms with Crippen LogP contribution in [0, 0.1) is 0 Å². The van der Waals surface area contributed by atoms with Crippen molar-refractivity contribution < 1.29 is 19.7 Å². The molecule has 1 aromatic carbocycles. The van der Waals surface area contributed by atoms with E-state index in [1.807, 2.05) is 0 Å². The van der Waals surface area contributed by atoms with Crippen molar-refractivity contribution in [1.29, 1.82) is 0 Å². The molecule has 0 saturated carbocycles. The molecule has 0 fully saturated rings. The van der Waals surface area contributed by atoms with Crippen LogP contribution in [-0.2, 0) is 13.2 Å². The number of rotatable bonds is 4. The zero-order valence-electron chi connectivity index (χ0n) is 8.28. The lowest BCUT2D eigenvalue weighted by atomic mass is 10.1. The molecule has 0 unspecified atom stereocenters. The van der Waals surface area contributed by atoms with Crippen molar-refractivity contribution in [2.75, 3.05) is 14.2 Å². The number of benzene rings is 1. The van der Waals surface area contributed by atoms with E-state index in [-0.39, 0.29) is 13.2 Å². The van der Waals surface area contributed by atoms with E-state index in [0.717, 1.165) is 0 Å². The number of aliphatic hydroxyl groups excluding tert-OH is 2. The zero-order chi connectivity index (χ0) is 10.6. The predicted octanol–water partition coefficient (Wildman–Crippen LogP) is 0.688. The van der Waals surface area contributed by atoms with Crippen LogP contribution in [0.3, 0.4) is 0 Å². The molecular formula is C10H14O4. The van der Waals surface area contributed by atoms with E-state index in [1.165, 1.54) is 14.2 Å². The molecule has 2 N–H and O–H groups in total. The summed E-state index contributed by atoms with van der Waals surface area (Å²) in [4.78, 5) is 0. The van der Waals surface area contributed by atoms with Gasteiger partial charge in [-0.15, -0.1) is 0 Å². The monoisotopic (exact) mass is 198 g/mol. The predicted molar refractivity (Wildman–Crippen MR) is 51.4 cm³/mol. The molecule has 0 heterocycles. The molecule has 0 bridgehead atoms. The summed E-state index contributed by atoms with van der Waals surface area (Å²) in [6.45, 7) is -0.369. The first-order valence-corrected chi connectivity index (χ1v) is 4.22. The lowest BCUT2D eigenvalue weighted by molar-refractivity contribution is 0.248. The minimum absolute atomic E-state index is 0.184. The first-order chi connectivity index (χ1) is 6.78. The van der Waals surface area contributed by atoms with Gasteiger partial charge >= 0.3 is 0 Å². The summed E-state index contributed by atoms with van der Waals surface area (Å²) in [5.41, 5.74) is 1.13. The van der Waals surface area contributed by atoms with Gasteiger partial charge in [-0.2, -0.15) is 0 Å². The van der Waals surface area contributed by atoms with Gasteiger partial charge in [0, 0.05) is 11.1 Å². The summed E-state index contributed by atoms with van der Waals surface area (Å²) in [5.74, 6) is 1.11. The Morgan fingerprint density at radius 2 is 1.29 bits per heavy atom. The molecule has 0 saturated heterocycles. The van der Waals surface area contributed by atoms with Crippen molar-refractivity contribution in [3.63, 3.8) is 0 Å². The molecule has 0 amide bonds. The average molecular weight is 198 g/mol. The van der Waals surface area contributed by atoms with Gasteiger partial charge in [0.1, 0.15) is 11.5 Å². The standard InChI is InChI=1S/C10H14O4/c1-13-9-3-4-10(14-2)8(6-12)7(9)5-11/h3-4,11-12H,5-6H2,1-2H3. The Hall–Kier alpha value is -1.26. The quantitative estimate of drug-likeness (QED) is 0.747. The van der Waals surface area contributed by atoms with Crippen LogP contribution in [0.4, 0.5) is 0 Å². The number of aliphatic hydroxyl groups is 2. The van der Waals surface area contributed by atoms with Gasteiger partial charge in [0.25, 0.3) is 0 Å². The highest BCUT2D eigenvalue weighted by Gasteiger charge is 2.12. The summed E-state index contributed by atoms with van der Waals surface area (Å²) >= 11 is 0. The third kappa shape index (κ3) is 1.81. The second-order valence-electron chi connectivity index (χ2n) is 2.74. The van der Waals surface area contributed by atoms with Gasteiger partial charge < -0.3 is 19.7 Å². The average Bonchev–Trinajstić information content (AvgIpc) is 2.26. The van der Waals surface area contributed by atoms with Crippen molar-refractivity contribution in [2.24, 2.45) is 0 Å². The van der Waals surface area contributed by atoms with Crippen LogP contribution in [0.1, 0.15) is 11.1 Å². The Morgan fingerprint density at radius 1 is 0.929 bits per heavy atom. The van der Waals surface area contributed by atoms with Crippen LogP contribution in [-0.4, -0.2) is 24.4 Å². The van der Waals surface area contributed by atoms with Crippen LogP contribution in [0.5, 0.6) is 11.5 Å². The van der Waals surface area contributed by atoms with Gasteiger partial charge in [-0.05, 0) is 12.1 Å². The van der Waals surface area contributed by atoms with E-state index in [1.54, 1.807) is 12.1 Å². The number of methoxy groups -OCH3 is 2. The van der Waals surface area contributed by atoms with Gasteiger partial charge in [-0.3, -0.25) is 0 Å². The van der Waals surface area contributed by atoms with Crippen LogP contribution in [0.2, 0.25) is 0 Å². The molecule has 14 heavy (non-hydrogen) atoms. The number of hydrogen-bond donors (Lipinski definition) is 2. The van der Waals surface area contributed by atoms with Crippen molar-refractivity contribution in [2.45, 2.75) is 13.2 Å². The molecule has 0 aliphatic rings. The second kappa shape index (κ2) is 4.83. The maximum atomic E-state index is 9.13. The van der Waals surface area contributed by atoms with Gasteiger partial charge in [0.15, 0.2) is 0 Å². The lowest BCUT2D eigenvalue weighted by Gasteiger charge is -2.13. The van der Waals surface area contributed by atoms with Gasteiger partial charge in [0.2, 0.25) is 0 Å². The smallest absolute Gasteiger partial charge is 0.125 e. The fraction of sp³-hybridized carbons (Fsp3) is 0.400. The fourth-order valence-corrected chi connectivity index (χ4v) is 1.38. The summed E-state index contributed by atoms with van der Waals surface area (Å²) in [6, 6.07) is 3.40. The first-order valence-electron chi connectivity index (χ1n) is 4.22. The molecule has 0 aliphatic heterocycles. The van der Waals surface area contributed by atoms with Crippen molar-refractivity contribution in [1.82, 2.24) is 0 Å². The Balaban J connectivity index is 3.28. The van der Waals surface area contributed by atoms with Gasteiger partial charge in [-0.1, -0.05) is 0 Å². The van der Waals surface area contributed by atoms with Crippen LogP contribution < -0.4 is 9.47 Å². The lowest BCUT2D eigenvalue weighted by Crippen LogP contribution is -2.01. The van der Waals surface area contributed by atoms with Gasteiger partial charge in [-0.25, -0.2) is 0 Å². The van der Waals surface area contributed by atoms with E-state index >= 15 is 0 Å². The fourth-order valence-electron chi connectivity index (χ4n) is 1.38. The highest BCUT2D eigenvalue weighted by Crippen LogP contribution is 2.30. The highest BCUT2D eigenvalue weighted by molar-refractivity contribution is 5.48. The summed E-state index contributed by atoms with van der Waals surface area (Å²) in [6.07, 6.45) is 0. The topological polar surface area (TPSA) is 58.9 Å². The van der Waals surface area contributed by atoms with Crippen molar-refractivity contribution in [3.05, 3.63) is 23.3 Å². The second-order valence-corrected chi connectivity index (χ2v) is 2.74. The molecule has 4 nitrogen and oxygen atoms in total. The maximum Gasteiger partial charge on any atom is 0.125 e. The van der Waals surface area contributed by atoms with Crippen LogP contribution >= 0.6 is 0 Å². The minimum atomic E-state index is -0.184. The normalized spacial score (nSPS) is 10.0. The van der Waals surface area contributed by atoms with E-state index in [0.29, 0.717) is 22.6 Å². The molecule has 78 valence electrons. The highest BCUT2D eigenvalue weighted by atomic mass is 16.5. The molecule has 0 aromatic heterocycles. The van der Waals surface area contributed by atoms with E-state index in [9.17, 15) is 0 Å². The Kier molecular flexibility index (Phi) is 3.73.